The first kappa shape index (κ1) is 11.1. The fraction of sp³-hybridized carbons (Fsp3) is 1.00. The second kappa shape index (κ2) is 3.50. The lowest BCUT2D eigenvalue weighted by Gasteiger charge is -2.42. The smallest absolute Gasteiger partial charge is 0.0292 e. The van der Waals surface area contributed by atoms with Gasteiger partial charge >= 0.3 is 0 Å². The number of hydrogen-bond donors (Lipinski definition) is 0. The molecule has 0 N–H and O–H groups in total. The van der Waals surface area contributed by atoms with Gasteiger partial charge in [0.05, 0.1) is 0 Å². The standard InChI is InChI=1S/C16H28/c1-15(2)9-7-12-10-16(3)8-5-4-6-14(16)13(12)11-15/h12-14H,4-11H2,1-3H3. The van der Waals surface area contributed by atoms with Crippen LogP contribution in [0, 0.1) is 28.6 Å². The maximum atomic E-state index is 2.61. The Kier molecular flexibility index (Phi) is 2.43. The molecule has 4 atom stereocenters. The molecule has 0 aromatic heterocycles. The highest BCUT2D eigenvalue weighted by Crippen LogP contribution is 2.62. The molecule has 3 rings (SSSR count). The van der Waals surface area contributed by atoms with Gasteiger partial charge in [-0.25, -0.2) is 0 Å². The summed E-state index contributed by atoms with van der Waals surface area (Å²) >= 11 is 0. The van der Waals surface area contributed by atoms with Crippen molar-refractivity contribution in [3.05, 3.63) is 0 Å². The summed E-state index contributed by atoms with van der Waals surface area (Å²) in [6.07, 6.45) is 12.2. The zero-order valence-corrected chi connectivity index (χ0v) is 11.4. The fourth-order valence-electron chi connectivity index (χ4n) is 5.43. The minimum atomic E-state index is 0.643. The lowest BCUT2D eigenvalue weighted by molar-refractivity contribution is 0.0764. The van der Waals surface area contributed by atoms with E-state index in [0.29, 0.717) is 5.41 Å². The summed E-state index contributed by atoms with van der Waals surface area (Å²) in [5.41, 5.74) is 1.39. The van der Waals surface area contributed by atoms with Crippen molar-refractivity contribution >= 4 is 0 Å². The highest BCUT2D eigenvalue weighted by Gasteiger charge is 2.53. The Bertz CT molecular complexity index is 278. The van der Waals surface area contributed by atoms with Crippen LogP contribution in [0.5, 0.6) is 0 Å². The van der Waals surface area contributed by atoms with Crippen molar-refractivity contribution in [2.24, 2.45) is 28.6 Å². The van der Waals surface area contributed by atoms with Gasteiger partial charge < -0.3 is 0 Å². The molecule has 0 amide bonds. The number of fused-ring (bicyclic) bond motifs is 3. The summed E-state index contributed by atoms with van der Waals surface area (Å²) in [7, 11) is 0. The van der Waals surface area contributed by atoms with E-state index in [-0.39, 0.29) is 0 Å². The topological polar surface area (TPSA) is 0 Å². The van der Waals surface area contributed by atoms with Crippen LogP contribution in [-0.4, -0.2) is 0 Å². The molecule has 3 saturated carbocycles. The molecule has 0 saturated heterocycles. The number of hydrogen-bond acceptors (Lipinski definition) is 0. The van der Waals surface area contributed by atoms with Gasteiger partial charge in [0, 0.05) is 0 Å². The van der Waals surface area contributed by atoms with Gasteiger partial charge in [-0.05, 0) is 67.1 Å². The van der Waals surface area contributed by atoms with Crippen LogP contribution in [0.1, 0.15) is 72.1 Å². The van der Waals surface area contributed by atoms with Crippen molar-refractivity contribution in [3.8, 4) is 0 Å². The average molecular weight is 220 g/mol. The Hall–Kier alpha value is 0. The van der Waals surface area contributed by atoms with Crippen LogP contribution >= 0.6 is 0 Å². The van der Waals surface area contributed by atoms with E-state index in [9.17, 15) is 0 Å². The van der Waals surface area contributed by atoms with Gasteiger partial charge in [-0.2, -0.15) is 0 Å². The molecule has 0 spiro atoms. The van der Waals surface area contributed by atoms with Gasteiger partial charge in [-0.3, -0.25) is 0 Å². The molecule has 0 nitrogen and oxygen atoms in total. The molecule has 0 radical (unpaired) electrons. The van der Waals surface area contributed by atoms with Crippen molar-refractivity contribution in [1.29, 1.82) is 0 Å². The van der Waals surface area contributed by atoms with E-state index in [2.05, 4.69) is 20.8 Å². The average Bonchev–Trinajstić information content (AvgIpc) is 2.49. The van der Waals surface area contributed by atoms with Crippen molar-refractivity contribution < 1.29 is 0 Å². The summed E-state index contributed by atoms with van der Waals surface area (Å²) in [4.78, 5) is 0. The number of rotatable bonds is 0. The Morgan fingerprint density at radius 2 is 1.69 bits per heavy atom. The summed E-state index contributed by atoms with van der Waals surface area (Å²) < 4.78 is 0. The van der Waals surface area contributed by atoms with E-state index < -0.39 is 0 Å². The first-order valence-electron chi connectivity index (χ1n) is 7.50. The Morgan fingerprint density at radius 3 is 2.50 bits per heavy atom. The molecule has 3 aliphatic carbocycles. The second-order valence-corrected chi connectivity index (χ2v) is 8.04. The van der Waals surface area contributed by atoms with E-state index in [1.54, 1.807) is 12.8 Å². The first-order chi connectivity index (χ1) is 7.50. The molecule has 0 aromatic carbocycles. The second-order valence-electron chi connectivity index (χ2n) is 8.04. The minimum absolute atomic E-state index is 0.643. The van der Waals surface area contributed by atoms with Crippen LogP contribution in [0.3, 0.4) is 0 Å². The van der Waals surface area contributed by atoms with E-state index in [0.717, 1.165) is 23.2 Å². The molecule has 0 bridgehead atoms. The van der Waals surface area contributed by atoms with Crippen LogP contribution in [-0.2, 0) is 0 Å². The molecule has 0 aromatic rings. The van der Waals surface area contributed by atoms with E-state index >= 15 is 0 Å². The van der Waals surface area contributed by atoms with Crippen molar-refractivity contribution in [1.82, 2.24) is 0 Å². The third kappa shape index (κ3) is 1.64. The zero-order valence-electron chi connectivity index (χ0n) is 11.4. The van der Waals surface area contributed by atoms with Gasteiger partial charge in [0.1, 0.15) is 0 Å². The van der Waals surface area contributed by atoms with Crippen LogP contribution < -0.4 is 0 Å². The fourth-order valence-corrected chi connectivity index (χ4v) is 5.43. The zero-order chi connectivity index (χ0) is 11.4. The predicted octanol–water partition coefficient (Wildman–Crippen LogP) is 5.03. The summed E-state index contributed by atoms with van der Waals surface area (Å²) in [6, 6.07) is 0. The molecule has 16 heavy (non-hydrogen) atoms. The van der Waals surface area contributed by atoms with E-state index in [4.69, 9.17) is 0 Å². The summed E-state index contributed by atoms with van der Waals surface area (Å²) in [5.74, 6) is 3.28. The van der Waals surface area contributed by atoms with Crippen LogP contribution in [0.15, 0.2) is 0 Å². The van der Waals surface area contributed by atoms with Gasteiger partial charge in [0.2, 0.25) is 0 Å². The van der Waals surface area contributed by atoms with Crippen LogP contribution in [0.4, 0.5) is 0 Å². The molecule has 0 heteroatoms. The van der Waals surface area contributed by atoms with Gasteiger partial charge in [-0.1, -0.05) is 33.6 Å². The molecule has 0 heterocycles. The third-order valence-corrected chi connectivity index (χ3v) is 6.24. The van der Waals surface area contributed by atoms with Gasteiger partial charge in [0.15, 0.2) is 0 Å². The molecule has 4 unspecified atom stereocenters. The van der Waals surface area contributed by atoms with Crippen molar-refractivity contribution in [2.75, 3.05) is 0 Å². The predicted molar refractivity (Wildman–Crippen MR) is 69.3 cm³/mol. The van der Waals surface area contributed by atoms with Crippen LogP contribution in [0.2, 0.25) is 0 Å². The van der Waals surface area contributed by atoms with Crippen LogP contribution in [0.25, 0.3) is 0 Å². The lowest BCUT2D eigenvalue weighted by Crippen LogP contribution is -2.33. The largest absolute Gasteiger partial charge is 0.0599 e. The minimum Gasteiger partial charge on any atom is -0.0599 e. The summed E-state index contributed by atoms with van der Waals surface area (Å²) in [6.45, 7) is 7.62. The van der Waals surface area contributed by atoms with Gasteiger partial charge in [0.25, 0.3) is 0 Å². The Labute approximate surface area is 101 Å². The molecular formula is C16H28. The highest BCUT2D eigenvalue weighted by molar-refractivity contribution is 5.03. The molecular weight excluding hydrogens is 192 g/mol. The summed E-state index contributed by atoms with van der Waals surface area (Å²) in [5, 5.41) is 0. The first-order valence-corrected chi connectivity index (χ1v) is 7.50. The SMILES string of the molecule is CC1(C)CCC2CC3(C)CCCCC3C2C1. The van der Waals surface area contributed by atoms with Crippen molar-refractivity contribution in [3.63, 3.8) is 0 Å². The quantitative estimate of drug-likeness (QED) is 0.537. The Morgan fingerprint density at radius 1 is 0.875 bits per heavy atom. The van der Waals surface area contributed by atoms with E-state index in [1.807, 2.05) is 0 Å². The molecule has 3 fully saturated rings. The molecule has 92 valence electrons. The highest BCUT2D eigenvalue weighted by atomic mass is 14.6. The Balaban J connectivity index is 1.84. The van der Waals surface area contributed by atoms with E-state index in [1.165, 1.54) is 38.5 Å². The normalized spacial score (nSPS) is 50.8. The monoisotopic (exact) mass is 220 g/mol. The lowest BCUT2D eigenvalue weighted by atomic mass is 9.63. The molecule has 3 aliphatic rings. The molecule has 0 aliphatic heterocycles. The maximum absolute atomic E-state index is 2.61. The third-order valence-electron chi connectivity index (χ3n) is 6.24. The maximum Gasteiger partial charge on any atom is -0.0292 e. The van der Waals surface area contributed by atoms with Crippen molar-refractivity contribution in [2.45, 2.75) is 72.1 Å². The van der Waals surface area contributed by atoms with Gasteiger partial charge in [-0.15, -0.1) is 0 Å².